The number of guanidine groups is 1. The molecule has 0 unspecified atom stereocenters. The van der Waals surface area contributed by atoms with Gasteiger partial charge >= 0.3 is 0 Å². The first kappa shape index (κ1) is 78.9. The second-order valence-electron chi connectivity index (χ2n) is 25.6. The largest absolute Gasteiger partial charge is 0.508 e. The van der Waals surface area contributed by atoms with Gasteiger partial charge in [-0.3, -0.25) is 62.6 Å². The smallest absolute Gasteiger partial charge is 0.247 e. The third-order valence-electron chi connectivity index (χ3n) is 17.2. The first-order chi connectivity index (χ1) is 48.6. The molecule has 6 aromatic rings. The lowest BCUT2D eigenvalue weighted by atomic mass is 9.99. The average molecular weight is 1440 g/mol. The summed E-state index contributed by atoms with van der Waals surface area (Å²) < 4.78 is 0. The number of imide groups is 1. The summed E-state index contributed by atoms with van der Waals surface area (Å²) in [6.07, 6.45) is 1.37. The summed E-state index contributed by atoms with van der Waals surface area (Å²) in [6, 6.07) is 19.8. The number of phenolic OH excluding ortho intramolecular Hbond substituents is 1. The number of hydrogen-bond acceptors (Lipinski definition) is 15. The zero-order valence-corrected chi connectivity index (χ0v) is 58.5. The van der Waals surface area contributed by atoms with Crippen LogP contribution in [0.15, 0.2) is 139 Å². The molecule has 30 heteroatoms. The lowest BCUT2D eigenvalue weighted by Crippen LogP contribution is -2.62. The van der Waals surface area contributed by atoms with Gasteiger partial charge in [0, 0.05) is 72.8 Å². The van der Waals surface area contributed by atoms with Crippen molar-refractivity contribution < 1.29 is 63.0 Å². The van der Waals surface area contributed by atoms with Crippen LogP contribution in [0, 0.1) is 5.92 Å². The van der Waals surface area contributed by atoms with E-state index >= 15 is 14.4 Å². The number of carbonyl (C=O) groups is 11. The van der Waals surface area contributed by atoms with Crippen molar-refractivity contribution in [2.24, 2.45) is 33.8 Å². The molecule has 5 aromatic carbocycles. The molecular weight excluding hydrogens is 1350 g/mol. The van der Waals surface area contributed by atoms with Crippen LogP contribution < -0.4 is 60.2 Å². The number of nitrogens with zero attached hydrogens (tertiary/aromatic N) is 3. The lowest BCUT2D eigenvalue weighted by Gasteiger charge is -2.32. The minimum absolute atomic E-state index is 0.0133. The van der Waals surface area contributed by atoms with Crippen LogP contribution in [-0.2, 0) is 84.8 Å². The molecule has 0 saturated carbocycles. The highest BCUT2D eigenvalue weighted by Gasteiger charge is 2.42. The van der Waals surface area contributed by atoms with Gasteiger partial charge in [-0.2, -0.15) is 0 Å². The van der Waals surface area contributed by atoms with Crippen molar-refractivity contribution in [2.45, 2.75) is 152 Å². The van der Waals surface area contributed by atoms with E-state index in [9.17, 15) is 48.6 Å². The van der Waals surface area contributed by atoms with Crippen molar-refractivity contribution in [3.8, 4) is 5.75 Å². The number of aromatic amines is 1. The van der Waals surface area contributed by atoms with Crippen molar-refractivity contribution in [1.82, 2.24) is 52.0 Å². The maximum absolute atomic E-state index is 15.1. The van der Waals surface area contributed by atoms with E-state index in [-0.39, 0.29) is 88.5 Å². The number of fused-ring (bicyclic) bond motifs is 1. The fourth-order valence-corrected chi connectivity index (χ4v) is 12.1. The Bertz CT molecular complexity index is 3950. The van der Waals surface area contributed by atoms with Crippen molar-refractivity contribution >= 4 is 105 Å². The number of halogens is 2. The van der Waals surface area contributed by atoms with Gasteiger partial charge in [-0.25, -0.2) is 0 Å². The quantitative estimate of drug-likeness (QED) is 0.0153. The predicted octanol–water partition coefficient (Wildman–Crippen LogP) is 1.75. The Morgan fingerprint density at radius 1 is 0.598 bits per heavy atom. The van der Waals surface area contributed by atoms with Gasteiger partial charge in [-0.15, -0.1) is 0 Å². The van der Waals surface area contributed by atoms with Crippen LogP contribution in [0.1, 0.15) is 87.6 Å². The number of aliphatic hydroxyl groups excluding tert-OH is 1. The van der Waals surface area contributed by atoms with Gasteiger partial charge in [0.2, 0.25) is 65.0 Å². The van der Waals surface area contributed by atoms with E-state index in [2.05, 4.69) is 47.2 Å². The molecule has 1 aliphatic rings. The minimum atomic E-state index is -1.86. The Hall–Kier alpha value is -10.4. The average Bonchev–Trinajstić information content (AvgIpc) is 0.940. The molecule has 102 heavy (non-hydrogen) atoms. The molecule has 18 N–H and O–H groups in total. The molecular formula is C72H89Cl2N15O13. The fraction of sp³-hybridized carbons (Fsp3) is 0.389. The number of aromatic nitrogens is 1. The van der Waals surface area contributed by atoms with E-state index in [4.69, 9.17) is 46.1 Å². The molecule has 544 valence electrons. The number of phenols is 1. The molecule has 1 aromatic heterocycles. The number of nitrogens with two attached hydrogens (primary N) is 4. The predicted molar refractivity (Wildman–Crippen MR) is 383 cm³/mol. The highest BCUT2D eigenvalue weighted by atomic mass is 35.5. The van der Waals surface area contributed by atoms with Crippen LogP contribution in [0.4, 0.5) is 0 Å². The number of rotatable bonds is 35. The lowest BCUT2D eigenvalue weighted by molar-refractivity contribution is -0.152. The Morgan fingerprint density at radius 2 is 1.09 bits per heavy atom. The molecule has 0 radical (unpaired) electrons. The third kappa shape index (κ3) is 23.1. The molecule has 0 spiro atoms. The highest BCUT2D eigenvalue weighted by Crippen LogP contribution is 2.24. The van der Waals surface area contributed by atoms with Gasteiger partial charge < -0.3 is 80.2 Å². The highest BCUT2D eigenvalue weighted by molar-refractivity contribution is 6.30. The number of aliphatic imine (C=N–C) groups is 1. The number of likely N-dealkylation sites (tertiary alicyclic amines) is 1. The molecule has 1 fully saturated rings. The number of carbonyl (C=O) groups excluding carboxylic acids is 11. The summed E-state index contributed by atoms with van der Waals surface area (Å²) in [5, 5.41) is 41.4. The number of hydrogen-bond donors (Lipinski definition) is 14. The van der Waals surface area contributed by atoms with E-state index in [0.717, 1.165) is 11.8 Å². The summed E-state index contributed by atoms with van der Waals surface area (Å²) in [6.45, 7) is 5.21. The Labute approximate surface area is 600 Å². The van der Waals surface area contributed by atoms with Crippen molar-refractivity contribution in [3.05, 3.63) is 171 Å². The Balaban J connectivity index is 1.16. The standard InChI is InChI=1S/C72H89Cl2N15O13/c1-40(2)32-55(63(94)82-54(16-10-30-79-72(77)78)71(102)88-31-11-17-60(88)68(99)81-41(3)62(76)93)83-64(95)56(34-43-12-6-5-7-13-43)84-65(96)57(35-45-22-28-50(92)29-23-45)85-67(98)59(39-90)87-66(97)58(37-47-38-80-53-15-9-8-14-51(47)53)86-69(100)61(36-46-20-26-49(74)27-21-46)89(42(4)91)70(101)52(75)33-44-18-24-48(73)25-19-44/h5-9,12-15,18-29,38,40-41,52,54-61,80,90,92H,10-11,16-17,30-37,39,75H2,1-4H3,(H2,76,93)(H,81,99)(H,82,94)(H,83,95)(H,84,96)(H,85,98)(H,86,100)(H,87,97)(H4,77,78,79)/t41-,52+,54+,55+,56-,57+,58-,59+,60+,61+/m1/s1. The summed E-state index contributed by atoms with van der Waals surface area (Å²) >= 11 is 12.4. The number of para-hydroxylation sites is 1. The number of aromatic hydroxyl groups is 1. The monoisotopic (exact) mass is 1440 g/mol. The molecule has 1 saturated heterocycles. The van der Waals surface area contributed by atoms with Crippen LogP contribution >= 0.6 is 23.2 Å². The molecule has 1 aliphatic heterocycles. The molecule has 10 atom stereocenters. The van der Waals surface area contributed by atoms with Crippen LogP contribution in [-0.4, -0.2) is 176 Å². The van der Waals surface area contributed by atoms with Gasteiger partial charge in [0.05, 0.1) is 12.6 Å². The topological polar surface area (TPSA) is 451 Å². The number of nitrogens with one attached hydrogen (secondary N) is 8. The van der Waals surface area contributed by atoms with Crippen molar-refractivity contribution in [1.29, 1.82) is 0 Å². The first-order valence-corrected chi connectivity index (χ1v) is 34.2. The van der Waals surface area contributed by atoms with Gasteiger partial charge in [0.1, 0.15) is 60.1 Å². The maximum Gasteiger partial charge on any atom is 0.247 e. The number of amides is 11. The second-order valence-corrected chi connectivity index (χ2v) is 26.5. The fourth-order valence-electron chi connectivity index (χ4n) is 11.9. The Kier molecular flexibility index (Phi) is 29.3. The van der Waals surface area contributed by atoms with E-state index < -0.39 is 132 Å². The number of H-pyrrole nitrogens is 1. The Morgan fingerprint density at radius 3 is 1.66 bits per heavy atom. The third-order valence-corrected chi connectivity index (χ3v) is 17.7. The summed E-state index contributed by atoms with van der Waals surface area (Å²) in [5.74, 6) is -10.2. The zero-order valence-electron chi connectivity index (χ0n) is 57.0. The van der Waals surface area contributed by atoms with E-state index in [1.165, 1.54) is 36.1 Å². The molecule has 11 amide bonds. The van der Waals surface area contributed by atoms with Crippen molar-refractivity contribution in [3.63, 3.8) is 0 Å². The SMILES string of the molecule is CC(=O)N(C(=O)[C@@H](N)Cc1ccc(Cl)cc1)[C@@H](Cc1ccc(Cl)cc1)C(=O)N[C@H](Cc1c[nH]c2ccccc12)C(=O)N[C@@H](CO)C(=O)N[C@@H](Cc1ccc(O)cc1)C(=O)N[C@H](Cc1ccccc1)C(=O)N[C@@H](CC(C)C)C(=O)N[C@@H](CCCN=C(N)N)C(=O)N1CCC[C@H]1C(=O)N[C@H](C)C(N)=O. The van der Waals surface area contributed by atoms with Gasteiger partial charge in [0.15, 0.2) is 5.96 Å². The second kappa shape index (κ2) is 37.8. The summed E-state index contributed by atoms with van der Waals surface area (Å²) in [4.78, 5) is 167. The van der Waals surface area contributed by atoms with Crippen molar-refractivity contribution in [2.75, 3.05) is 19.7 Å². The molecule has 0 bridgehead atoms. The van der Waals surface area contributed by atoms with Crippen LogP contribution in [0.2, 0.25) is 10.0 Å². The van der Waals surface area contributed by atoms with Crippen LogP contribution in [0.3, 0.4) is 0 Å². The van der Waals surface area contributed by atoms with Gasteiger partial charge in [0.25, 0.3) is 0 Å². The summed E-state index contributed by atoms with van der Waals surface area (Å²) in [5.41, 5.74) is 26.2. The number of aliphatic hydroxyl groups is 1. The normalized spacial score (nSPS) is 15.3. The molecule has 2 heterocycles. The van der Waals surface area contributed by atoms with E-state index in [1.54, 1.807) is 123 Å². The maximum atomic E-state index is 15.1. The minimum Gasteiger partial charge on any atom is -0.508 e. The first-order valence-electron chi connectivity index (χ1n) is 33.4. The van der Waals surface area contributed by atoms with Gasteiger partial charge in [-0.05, 0) is 122 Å². The van der Waals surface area contributed by atoms with Crippen LogP contribution in [0.25, 0.3) is 10.9 Å². The van der Waals surface area contributed by atoms with Crippen LogP contribution in [0.5, 0.6) is 5.75 Å². The van der Waals surface area contributed by atoms with E-state index in [1.807, 2.05) is 0 Å². The van der Waals surface area contributed by atoms with Gasteiger partial charge in [-0.1, -0.05) is 122 Å². The van der Waals surface area contributed by atoms with E-state index in [0.29, 0.717) is 55.2 Å². The molecule has 7 rings (SSSR count). The number of benzene rings is 5. The molecule has 28 nitrogen and oxygen atoms in total. The zero-order chi connectivity index (χ0) is 74.3. The molecule has 0 aliphatic carbocycles. The number of primary amides is 1. The summed E-state index contributed by atoms with van der Waals surface area (Å²) in [7, 11) is 0.